The second-order valence-corrected chi connectivity index (χ2v) is 4.03. The predicted molar refractivity (Wildman–Crippen MR) is 66.6 cm³/mol. The van der Waals surface area contributed by atoms with E-state index in [1.165, 1.54) is 12.3 Å². The van der Waals surface area contributed by atoms with Gasteiger partial charge in [-0.3, -0.25) is 4.68 Å². The molecule has 0 aliphatic rings. The summed E-state index contributed by atoms with van der Waals surface area (Å²) < 4.78 is 20.1. The van der Waals surface area contributed by atoms with Crippen molar-refractivity contribution in [1.29, 1.82) is 0 Å². The fourth-order valence-corrected chi connectivity index (χ4v) is 1.52. The van der Waals surface area contributed by atoms with Crippen molar-refractivity contribution in [2.24, 2.45) is 0 Å². The third-order valence-corrected chi connectivity index (χ3v) is 2.44. The topological polar surface area (TPSA) is 52.0 Å². The molecule has 96 valence electrons. The summed E-state index contributed by atoms with van der Waals surface area (Å²) in [5.74, 6) is -0.391. The minimum absolute atomic E-state index is 0.116. The van der Waals surface area contributed by atoms with Crippen molar-refractivity contribution < 1.29 is 9.13 Å². The summed E-state index contributed by atoms with van der Waals surface area (Å²) in [4.78, 5) is 3.86. The average molecular weight is 271 g/mol. The van der Waals surface area contributed by atoms with E-state index in [1.54, 1.807) is 24.2 Å². The summed E-state index contributed by atoms with van der Waals surface area (Å²) in [6, 6.07) is 1.20. The van der Waals surface area contributed by atoms with Crippen LogP contribution < -0.4 is 5.32 Å². The Hall–Kier alpha value is -1.66. The van der Waals surface area contributed by atoms with E-state index in [-0.39, 0.29) is 10.8 Å². The van der Waals surface area contributed by atoms with Crippen molar-refractivity contribution in [2.45, 2.75) is 6.54 Å². The molecular formula is C11H12ClFN4O. The molecular weight excluding hydrogens is 259 g/mol. The number of pyridine rings is 1. The standard InChI is InChI=1S/C11H12ClFN4O/c1-18-3-2-17-7-9(6-15-17)16-11-10(13)4-8(12)5-14-11/h4-7H,2-3H2,1H3,(H,14,16). The van der Waals surface area contributed by atoms with Crippen LogP contribution in [0.1, 0.15) is 0 Å². The highest BCUT2D eigenvalue weighted by atomic mass is 35.5. The highest BCUT2D eigenvalue weighted by Crippen LogP contribution is 2.19. The zero-order valence-electron chi connectivity index (χ0n) is 9.73. The van der Waals surface area contributed by atoms with E-state index in [0.29, 0.717) is 18.8 Å². The van der Waals surface area contributed by atoms with Gasteiger partial charge in [0.05, 0.1) is 30.1 Å². The lowest BCUT2D eigenvalue weighted by molar-refractivity contribution is 0.183. The number of aromatic nitrogens is 3. The van der Waals surface area contributed by atoms with E-state index in [9.17, 15) is 4.39 Å². The van der Waals surface area contributed by atoms with Gasteiger partial charge >= 0.3 is 0 Å². The number of halogens is 2. The van der Waals surface area contributed by atoms with Crippen LogP contribution >= 0.6 is 11.6 Å². The van der Waals surface area contributed by atoms with E-state index < -0.39 is 5.82 Å². The highest BCUT2D eigenvalue weighted by Gasteiger charge is 2.06. The van der Waals surface area contributed by atoms with E-state index in [2.05, 4.69) is 15.4 Å². The number of hydrogen-bond acceptors (Lipinski definition) is 4. The largest absolute Gasteiger partial charge is 0.383 e. The number of nitrogens with one attached hydrogen (secondary N) is 1. The van der Waals surface area contributed by atoms with Gasteiger partial charge in [0, 0.05) is 19.5 Å². The molecule has 1 N–H and O–H groups in total. The van der Waals surface area contributed by atoms with Crippen LogP contribution in [-0.2, 0) is 11.3 Å². The molecule has 0 aliphatic heterocycles. The van der Waals surface area contributed by atoms with E-state index in [1.807, 2.05) is 0 Å². The van der Waals surface area contributed by atoms with Crippen LogP contribution in [0.2, 0.25) is 5.02 Å². The van der Waals surface area contributed by atoms with Crippen molar-refractivity contribution >= 4 is 23.1 Å². The maximum atomic E-state index is 13.5. The van der Waals surface area contributed by atoms with Gasteiger partial charge in [-0.2, -0.15) is 5.10 Å². The summed E-state index contributed by atoms with van der Waals surface area (Å²) in [6.07, 6.45) is 4.71. The Morgan fingerprint density at radius 2 is 2.33 bits per heavy atom. The number of rotatable bonds is 5. The van der Waals surface area contributed by atoms with Gasteiger partial charge < -0.3 is 10.1 Å². The molecule has 2 aromatic rings. The van der Waals surface area contributed by atoms with Crippen molar-refractivity contribution in [1.82, 2.24) is 14.8 Å². The molecule has 0 bridgehead atoms. The Bertz CT molecular complexity index is 532. The summed E-state index contributed by atoms with van der Waals surface area (Å²) in [6.45, 7) is 1.20. The van der Waals surface area contributed by atoms with Gasteiger partial charge in [-0.1, -0.05) is 11.6 Å². The lowest BCUT2D eigenvalue weighted by Crippen LogP contribution is -2.04. The molecule has 7 heteroatoms. The van der Waals surface area contributed by atoms with Gasteiger partial charge in [-0.25, -0.2) is 9.37 Å². The van der Waals surface area contributed by atoms with Crippen LogP contribution in [0.4, 0.5) is 15.9 Å². The first-order valence-electron chi connectivity index (χ1n) is 5.28. The lowest BCUT2D eigenvalue weighted by Gasteiger charge is -2.03. The number of hydrogen-bond donors (Lipinski definition) is 1. The monoisotopic (exact) mass is 270 g/mol. The molecule has 0 fully saturated rings. The molecule has 0 radical (unpaired) electrons. The van der Waals surface area contributed by atoms with Gasteiger partial charge in [0.15, 0.2) is 11.6 Å². The molecule has 2 aromatic heterocycles. The lowest BCUT2D eigenvalue weighted by atomic mass is 10.4. The summed E-state index contributed by atoms with van der Waals surface area (Å²) >= 11 is 5.62. The third kappa shape index (κ3) is 3.18. The molecule has 5 nitrogen and oxygen atoms in total. The maximum Gasteiger partial charge on any atom is 0.167 e. The van der Waals surface area contributed by atoms with Crippen LogP contribution in [-0.4, -0.2) is 28.5 Å². The van der Waals surface area contributed by atoms with Gasteiger partial charge in [-0.05, 0) is 6.07 Å². The average Bonchev–Trinajstić information content (AvgIpc) is 2.78. The molecule has 0 saturated carbocycles. The Morgan fingerprint density at radius 1 is 1.50 bits per heavy atom. The Labute approximate surface area is 109 Å². The van der Waals surface area contributed by atoms with Crippen LogP contribution in [0.3, 0.4) is 0 Å². The zero-order chi connectivity index (χ0) is 13.0. The van der Waals surface area contributed by atoms with Crippen LogP contribution in [0.25, 0.3) is 0 Å². The maximum absolute atomic E-state index is 13.5. The van der Waals surface area contributed by atoms with Crippen LogP contribution in [0, 0.1) is 5.82 Å². The smallest absolute Gasteiger partial charge is 0.167 e. The fraction of sp³-hybridized carbons (Fsp3) is 0.273. The van der Waals surface area contributed by atoms with E-state index >= 15 is 0 Å². The third-order valence-electron chi connectivity index (χ3n) is 2.23. The molecule has 0 spiro atoms. The van der Waals surface area contributed by atoms with Crippen molar-refractivity contribution in [3.63, 3.8) is 0 Å². The molecule has 0 unspecified atom stereocenters. The first kappa shape index (κ1) is 12.8. The SMILES string of the molecule is COCCn1cc(Nc2ncc(Cl)cc2F)cn1. The van der Waals surface area contributed by atoms with Gasteiger partial charge in [0.1, 0.15) is 0 Å². The van der Waals surface area contributed by atoms with Crippen molar-refractivity contribution in [3.8, 4) is 0 Å². The van der Waals surface area contributed by atoms with Gasteiger partial charge in [0.2, 0.25) is 0 Å². The molecule has 0 atom stereocenters. The first-order valence-corrected chi connectivity index (χ1v) is 5.66. The summed E-state index contributed by atoms with van der Waals surface area (Å²) in [5, 5.41) is 7.18. The molecule has 0 amide bonds. The van der Waals surface area contributed by atoms with Crippen molar-refractivity contribution in [2.75, 3.05) is 19.0 Å². The molecule has 2 heterocycles. The quantitative estimate of drug-likeness (QED) is 0.907. The number of anilines is 2. The summed E-state index contributed by atoms with van der Waals surface area (Å²) in [5.41, 5.74) is 0.653. The minimum atomic E-state index is -0.507. The summed E-state index contributed by atoms with van der Waals surface area (Å²) in [7, 11) is 1.62. The van der Waals surface area contributed by atoms with Crippen molar-refractivity contribution in [3.05, 3.63) is 35.5 Å². The number of ether oxygens (including phenoxy) is 1. The normalized spacial score (nSPS) is 10.6. The van der Waals surface area contributed by atoms with Gasteiger partial charge in [0.25, 0.3) is 0 Å². The zero-order valence-corrected chi connectivity index (χ0v) is 10.5. The second kappa shape index (κ2) is 5.79. The molecule has 0 saturated heterocycles. The van der Waals surface area contributed by atoms with E-state index in [4.69, 9.17) is 16.3 Å². The Morgan fingerprint density at radius 3 is 3.06 bits per heavy atom. The molecule has 0 aromatic carbocycles. The van der Waals surface area contributed by atoms with Crippen LogP contribution in [0.5, 0.6) is 0 Å². The first-order chi connectivity index (χ1) is 8.69. The second-order valence-electron chi connectivity index (χ2n) is 3.59. The Balaban J connectivity index is 2.06. The molecule has 18 heavy (non-hydrogen) atoms. The predicted octanol–water partition coefficient (Wildman–Crippen LogP) is 2.46. The fourth-order valence-electron chi connectivity index (χ4n) is 1.38. The number of nitrogens with zero attached hydrogens (tertiary/aromatic N) is 3. The van der Waals surface area contributed by atoms with Gasteiger partial charge in [-0.15, -0.1) is 0 Å². The Kier molecular flexibility index (Phi) is 4.11. The molecule has 2 rings (SSSR count). The minimum Gasteiger partial charge on any atom is -0.383 e. The highest BCUT2D eigenvalue weighted by molar-refractivity contribution is 6.30. The van der Waals surface area contributed by atoms with Crippen LogP contribution in [0.15, 0.2) is 24.7 Å². The van der Waals surface area contributed by atoms with E-state index in [0.717, 1.165) is 0 Å². The number of methoxy groups -OCH3 is 1. The molecule has 0 aliphatic carbocycles.